The zero-order chi connectivity index (χ0) is 9.14. The third-order valence-corrected chi connectivity index (χ3v) is 2.39. The minimum Gasteiger partial charge on any atom is -0.374 e. The summed E-state index contributed by atoms with van der Waals surface area (Å²) in [5.41, 5.74) is 2.34. The molecule has 1 saturated heterocycles. The molecule has 0 amide bonds. The largest absolute Gasteiger partial charge is 0.374 e. The van der Waals surface area contributed by atoms with Crippen LogP contribution in [0.1, 0.15) is 6.42 Å². The first-order chi connectivity index (χ1) is 5.65. The first-order valence-corrected chi connectivity index (χ1v) is 4.69. The van der Waals surface area contributed by atoms with E-state index in [9.17, 15) is 0 Å². The molecule has 0 aliphatic carbocycles. The predicted octanol–water partition coefficient (Wildman–Crippen LogP) is 1.88. The molecular formula is C9H14N2S. The van der Waals surface area contributed by atoms with Gasteiger partial charge in [-0.2, -0.15) is 0 Å². The van der Waals surface area contributed by atoms with Crippen molar-refractivity contribution in [1.29, 1.82) is 0 Å². The maximum Gasteiger partial charge on any atom is 0.0402 e. The van der Waals surface area contributed by atoms with Gasteiger partial charge in [-0.3, -0.25) is 5.14 Å². The molecule has 1 aliphatic rings. The van der Waals surface area contributed by atoms with E-state index in [1.165, 1.54) is 17.5 Å². The Morgan fingerprint density at radius 2 is 2.42 bits per heavy atom. The van der Waals surface area contributed by atoms with Gasteiger partial charge in [-0.1, -0.05) is 13.2 Å². The minimum absolute atomic E-state index is 0.875. The van der Waals surface area contributed by atoms with Crippen LogP contribution in [0, 0.1) is 0 Å². The van der Waals surface area contributed by atoms with Gasteiger partial charge in [0.15, 0.2) is 0 Å². The molecule has 12 heavy (non-hydrogen) atoms. The van der Waals surface area contributed by atoms with Crippen molar-refractivity contribution in [2.24, 2.45) is 5.14 Å². The van der Waals surface area contributed by atoms with Crippen molar-refractivity contribution in [3.05, 3.63) is 35.4 Å². The summed E-state index contributed by atoms with van der Waals surface area (Å²) >= 11 is 1.18. The van der Waals surface area contributed by atoms with E-state index in [0.29, 0.717) is 0 Å². The van der Waals surface area contributed by atoms with Gasteiger partial charge in [-0.05, 0) is 30.0 Å². The summed E-state index contributed by atoms with van der Waals surface area (Å²) in [5, 5.41) is 5.37. The maximum atomic E-state index is 5.37. The summed E-state index contributed by atoms with van der Waals surface area (Å²) in [5.74, 6) is 0. The van der Waals surface area contributed by atoms with Crippen LogP contribution in [-0.4, -0.2) is 18.5 Å². The Hall–Kier alpha value is -0.670. The molecule has 0 aromatic rings. The van der Waals surface area contributed by atoms with Gasteiger partial charge in [0.05, 0.1) is 0 Å². The lowest BCUT2D eigenvalue weighted by Crippen LogP contribution is -2.10. The molecular weight excluding hydrogens is 168 g/mol. The van der Waals surface area contributed by atoms with E-state index in [-0.39, 0.29) is 0 Å². The molecule has 0 spiro atoms. The second-order valence-corrected chi connectivity index (χ2v) is 3.65. The van der Waals surface area contributed by atoms with Gasteiger partial charge in [0.1, 0.15) is 0 Å². The molecule has 1 heterocycles. The van der Waals surface area contributed by atoms with Gasteiger partial charge < -0.3 is 4.90 Å². The van der Waals surface area contributed by atoms with Crippen molar-refractivity contribution in [2.75, 3.05) is 13.6 Å². The lowest BCUT2D eigenvalue weighted by molar-refractivity contribution is 0.482. The number of rotatable bonds is 2. The molecule has 0 atom stereocenters. The summed E-state index contributed by atoms with van der Waals surface area (Å²) in [4.78, 5) is 3.05. The maximum absolute atomic E-state index is 5.37. The van der Waals surface area contributed by atoms with E-state index >= 15 is 0 Å². The summed E-state index contributed by atoms with van der Waals surface area (Å²) in [6, 6.07) is 0. The number of allylic oxidation sites excluding steroid dienone is 2. The summed E-state index contributed by atoms with van der Waals surface area (Å²) in [7, 11) is 2.05. The number of likely N-dealkylation sites (tertiary alicyclic amines) is 1. The van der Waals surface area contributed by atoms with Crippen LogP contribution in [0.5, 0.6) is 0 Å². The summed E-state index contributed by atoms with van der Waals surface area (Å²) < 4.78 is 0. The van der Waals surface area contributed by atoms with Crippen LogP contribution in [0.4, 0.5) is 0 Å². The number of likely N-dealkylation sites (N-methyl/N-ethyl adjacent to an activating group) is 1. The zero-order valence-electron chi connectivity index (χ0n) is 7.34. The van der Waals surface area contributed by atoms with Gasteiger partial charge in [0.2, 0.25) is 0 Å². The third-order valence-electron chi connectivity index (χ3n) is 1.97. The Balaban J connectivity index is 2.78. The number of hydrogen-bond acceptors (Lipinski definition) is 3. The van der Waals surface area contributed by atoms with Crippen LogP contribution in [0.15, 0.2) is 35.4 Å². The summed E-state index contributed by atoms with van der Waals surface area (Å²) in [6.45, 7) is 8.82. The highest BCUT2D eigenvalue weighted by Gasteiger charge is 2.16. The van der Waals surface area contributed by atoms with Crippen molar-refractivity contribution in [3.63, 3.8) is 0 Å². The van der Waals surface area contributed by atoms with E-state index in [2.05, 4.69) is 25.1 Å². The standard InChI is InChI=1S/C9H14N2S/c1-7-4-5-11(3)9(7)6-8(2)12-10/h6H,1-2,4-5,10H2,3H3/b9-6+. The van der Waals surface area contributed by atoms with Crippen molar-refractivity contribution in [3.8, 4) is 0 Å². The van der Waals surface area contributed by atoms with Crippen LogP contribution in [0.25, 0.3) is 0 Å². The Morgan fingerprint density at radius 1 is 1.75 bits per heavy atom. The monoisotopic (exact) mass is 182 g/mol. The number of hydrogen-bond donors (Lipinski definition) is 1. The van der Waals surface area contributed by atoms with Gasteiger partial charge >= 0.3 is 0 Å². The fraction of sp³-hybridized carbons (Fsp3) is 0.333. The highest BCUT2D eigenvalue weighted by molar-refractivity contribution is 8.01. The highest BCUT2D eigenvalue weighted by atomic mass is 32.2. The van der Waals surface area contributed by atoms with Gasteiger partial charge in [-0.25, -0.2) is 0 Å². The molecule has 0 aromatic carbocycles. The van der Waals surface area contributed by atoms with Crippen LogP contribution >= 0.6 is 11.9 Å². The fourth-order valence-corrected chi connectivity index (χ4v) is 1.40. The van der Waals surface area contributed by atoms with Crippen molar-refractivity contribution >= 4 is 11.9 Å². The third kappa shape index (κ3) is 1.93. The molecule has 0 radical (unpaired) electrons. The van der Waals surface area contributed by atoms with Crippen LogP contribution in [-0.2, 0) is 0 Å². The van der Waals surface area contributed by atoms with E-state index in [4.69, 9.17) is 5.14 Å². The number of nitrogens with zero attached hydrogens (tertiary/aromatic N) is 1. The van der Waals surface area contributed by atoms with E-state index < -0.39 is 0 Å². The van der Waals surface area contributed by atoms with E-state index in [0.717, 1.165) is 23.6 Å². The smallest absolute Gasteiger partial charge is 0.0402 e. The second-order valence-electron chi connectivity index (χ2n) is 2.89. The zero-order valence-corrected chi connectivity index (χ0v) is 8.16. The lowest BCUT2D eigenvalue weighted by Gasteiger charge is -2.12. The first kappa shape index (κ1) is 9.42. The van der Waals surface area contributed by atoms with Gasteiger partial charge in [0, 0.05) is 24.2 Å². The Labute approximate surface area is 77.9 Å². The molecule has 3 heteroatoms. The number of nitrogens with two attached hydrogens (primary N) is 1. The van der Waals surface area contributed by atoms with Crippen LogP contribution < -0.4 is 5.14 Å². The molecule has 1 rings (SSSR count). The molecule has 1 fully saturated rings. The summed E-state index contributed by atoms with van der Waals surface area (Å²) in [6.07, 6.45) is 3.03. The average molecular weight is 182 g/mol. The van der Waals surface area contributed by atoms with Crippen molar-refractivity contribution in [1.82, 2.24) is 4.90 Å². The predicted molar refractivity (Wildman–Crippen MR) is 55.4 cm³/mol. The molecule has 0 bridgehead atoms. The molecule has 2 N–H and O–H groups in total. The SMILES string of the molecule is C=C(/C=C1\C(=C)CCN1C)SN. The van der Waals surface area contributed by atoms with E-state index in [1.807, 2.05) is 6.08 Å². The first-order valence-electron chi connectivity index (χ1n) is 3.81. The minimum atomic E-state index is 0.875. The molecule has 2 nitrogen and oxygen atoms in total. The van der Waals surface area contributed by atoms with Crippen LogP contribution in [0.3, 0.4) is 0 Å². The molecule has 0 aromatic heterocycles. The van der Waals surface area contributed by atoms with Gasteiger partial charge in [-0.15, -0.1) is 0 Å². The molecule has 66 valence electrons. The lowest BCUT2D eigenvalue weighted by atomic mass is 10.2. The normalized spacial score (nSPS) is 20.7. The quantitative estimate of drug-likeness (QED) is 0.661. The molecule has 0 unspecified atom stereocenters. The molecule has 0 saturated carbocycles. The second kappa shape index (κ2) is 3.83. The Morgan fingerprint density at radius 3 is 2.83 bits per heavy atom. The van der Waals surface area contributed by atoms with Crippen molar-refractivity contribution < 1.29 is 0 Å². The van der Waals surface area contributed by atoms with Gasteiger partial charge in [0.25, 0.3) is 0 Å². The topological polar surface area (TPSA) is 29.3 Å². The molecule has 1 aliphatic heterocycles. The highest BCUT2D eigenvalue weighted by Crippen LogP contribution is 2.26. The average Bonchev–Trinajstić information content (AvgIpc) is 2.35. The van der Waals surface area contributed by atoms with Crippen molar-refractivity contribution in [2.45, 2.75) is 6.42 Å². The fourth-order valence-electron chi connectivity index (χ4n) is 1.22. The Kier molecular flexibility index (Phi) is 3.00. The Bertz CT molecular complexity index is 243. The van der Waals surface area contributed by atoms with Crippen LogP contribution in [0.2, 0.25) is 0 Å². The van der Waals surface area contributed by atoms with E-state index in [1.54, 1.807) is 0 Å².